The predicted molar refractivity (Wildman–Crippen MR) is 80.8 cm³/mol. The van der Waals surface area contributed by atoms with Gasteiger partial charge in [0.25, 0.3) is 0 Å². The Labute approximate surface area is 116 Å². The van der Waals surface area contributed by atoms with Gasteiger partial charge in [0.2, 0.25) is 0 Å². The lowest BCUT2D eigenvalue weighted by molar-refractivity contribution is 0.415. The van der Waals surface area contributed by atoms with Crippen LogP contribution < -0.4 is 10.5 Å². The van der Waals surface area contributed by atoms with Gasteiger partial charge in [-0.1, -0.05) is 6.07 Å². The highest BCUT2D eigenvalue weighted by Gasteiger charge is 2.17. The summed E-state index contributed by atoms with van der Waals surface area (Å²) in [5.41, 5.74) is 9.53. The number of methoxy groups -OCH3 is 1. The lowest BCUT2D eigenvalue weighted by Crippen LogP contribution is -2.05. The molecule has 2 heterocycles. The van der Waals surface area contributed by atoms with Crippen LogP contribution in [0.5, 0.6) is 5.75 Å². The number of aromatic amines is 1. The first kappa shape index (κ1) is 12.3. The lowest BCUT2D eigenvalue weighted by atomic mass is 10.0. The zero-order valence-corrected chi connectivity index (χ0v) is 11.8. The van der Waals surface area contributed by atoms with E-state index in [0.717, 1.165) is 27.9 Å². The molecule has 0 aliphatic carbocycles. The highest BCUT2D eigenvalue weighted by molar-refractivity contribution is 7.13. The Kier molecular flexibility index (Phi) is 3.05. The van der Waals surface area contributed by atoms with Crippen LogP contribution in [0.3, 0.4) is 0 Å². The van der Waals surface area contributed by atoms with Crippen molar-refractivity contribution >= 4 is 22.2 Å². The highest BCUT2D eigenvalue weighted by Crippen LogP contribution is 2.37. The lowest BCUT2D eigenvalue weighted by Gasteiger charge is -2.07. The van der Waals surface area contributed by atoms with Crippen LogP contribution in [0.4, 0.5) is 0 Å². The molecule has 2 aromatic heterocycles. The normalized spacial score (nSPS) is 12.8. The molecule has 1 aromatic carbocycles. The number of benzene rings is 1. The van der Waals surface area contributed by atoms with Crippen molar-refractivity contribution in [3.8, 4) is 16.3 Å². The summed E-state index contributed by atoms with van der Waals surface area (Å²) in [6.07, 6.45) is 0. The summed E-state index contributed by atoms with van der Waals surface area (Å²) in [6, 6.07) is 10.2. The smallest absolute Gasteiger partial charge is 0.119 e. The van der Waals surface area contributed by atoms with Gasteiger partial charge in [0.15, 0.2) is 0 Å². The first-order valence-electron chi connectivity index (χ1n) is 6.19. The Morgan fingerprint density at radius 1 is 1.32 bits per heavy atom. The van der Waals surface area contributed by atoms with Gasteiger partial charge in [0, 0.05) is 22.5 Å². The molecule has 3 nitrogen and oxygen atoms in total. The molecule has 0 saturated heterocycles. The fourth-order valence-corrected chi connectivity index (χ4v) is 3.15. The van der Waals surface area contributed by atoms with Gasteiger partial charge in [-0.15, -0.1) is 11.3 Å². The number of ether oxygens (including phenoxy) is 1. The summed E-state index contributed by atoms with van der Waals surface area (Å²) >= 11 is 1.71. The average Bonchev–Trinajstić information content (AvgIpc) is 3.04. The Bertz CT molecular complexity index is 698. The summed E-state index contributed by atoms with van der Waals surface area (Å²) in [5, 5.41) is 3.21. The molecular weight excluding hydrogens is 256 g/mol. The Balaban J connectivity index is 2.30. The number of hydrogen-bond acceptors (Lipinski definition) is 3. The van der Waals surface area contributed by atoms with E-state index in [9.17, 15) is 0 Å². The van der Waals surface area contributed by atoms with Crippen LogP contribution in [0.1, 0.15) is 18.5 Å². The SMILES string of the molecule is COc1ccc2[nH]c(-c3cccs3)c(C(C)N)c2c1. The Morgan fingerprint density at radius 3 is 2.79 bits per heavy atom. The van der Waals surface area contributed by atoms with E-state index in [0.29, 0.717) is 0 Å². The van der Waals surface area contributed by atoms with E-state index in [1.165, 1.54) is 4.88 Å². The average molecular weight is 272 g/mol. The van der Waals surface area contributed by atoms with Gasteiger partial charge in [0.05, 0.1) is 17.7 Å². The van der Waals surface area contributed by atoms with Crippen LogP contribution in [0.15, 0.2) is 35.7 Å². The molecule has 0 radical (unpaired) electrons. The number of H-pyrrole nitrogens is 1. The summed E-state index contributed by atoms with van der Waals surface area (Å²) in [4.78, 5) is 4.68. The molecule has 0 aliphatic heterocycles. The molecule has 3 rings (SSSR count). The second kappa shape index (κ2) is 4.72. The predicted octanol–water partition coefficient (Wildman–Crippen LogP) is 3.92. The van der Waals surface area contributed by atoms with Crippen molar-refractivity contribution in [3.05, 3.63) is 41.3 Å². The van der Waals surface area contributed by atoms with Crippen molar-refractivity contribution in [1.82, 2.24) is 4.98 Å². The molecule has 0 amide bonds. The maximum atomic E-state index is 6.17. The molecule has 0 saturated carbocycles. The molecule has 0 fully saturated rings. The number of aromatic nitrogens is 1. The van der Waals surface area contributed by atoms with Crippen LogP contribution in [0, 0.1) is 0 Å². The summed E-state index contributed by atoms with van der Waals surface area (Å²) < 4.78 is 5.30. The monoisotopic (exact) mass is 272 g/mol. The van der Waals surface area contributed by atoms with E-state index in [1.54, 1.807) is 18.4 Å². The largest absolute Gasteiger partial charge is 0.497 e. The van der Waals surface area contributed by atoms with Crippen molar-refractivity contribution in [2.75, 3.05) is 7.11 Å². The second-order valence-corrected chi connectivity index (χ2v) is 5.54. The first-order chi connectivity index (χ1) is 9.20. The molecule has 98 valence electrons. The first-order valence-corrected chi connectivity index (χ1v) is 7.07. The minimum absolute atomic E-state index is 0.0297. The highest BCUT2D eigenvalue weighted by atomic mass is 32.1. The van der Waals surface area contributed by atoms with Crippen LogP contribution >= 0.6 is 11.3 Å². The van der Waals surface area contributed by atoms with Crippen LogP contribution in [0.2, 0.25) is 0 Å². The molecular formula is C15H16N2OS. The summed E-state index contributed by atoms with van der Waals surface area (Å²) in [7, 11) is 1.68. The van der Waals surface area contributed by atoms with Crippen molar-refractivity contribution in [2.24, 2.45) is 5.73 Å². The Morgan fingerprint density at radius 2 is 2.16 bits per heavy atom. The third-order valence-electron chi connectivity index (χ3n) is 3.27. The third-order valence-corrected chi connectivity index (χ3v) is 4.16. The van der Waals surface area contributed by atoms with Gasteiger partial charge in [-0.25, -0.2) is 0 Å². The maximum Gasteiger partial charge on any atom is 0.119 e. The van der Waals surface area contributed by atoms with Crippen LogP contribution in [-0.4, -0.2) is 12.1 Å². The second-order valence-electron chi connectivity index (χ2n) is 4.59. The quantitative estimate of drug-likeness (QED) is 0.759. The van der Waals surface area contributed by atoms with Crippen LogP contribution in [-0.2, 0) is 0 Å². The molecule has 0 spiro atoms. The number of nitrogens with two attached hydrogens (primary N) is 1. The molecule has 1 atom stereocenters. The van der Waals surface area contributed by atoms with Gasteiger partial charge in [0.1, 0.15) is 5.75 Å². The van der Waals surface area contributed by atoms with E-state index < -0.39 is 0 Å². The van der Waals surface area contributed by atoms with E-state index in [4.69, 9.17) is 10.5 Å². The standard InChI is InChI=1S/C15H16N2OS/c1-9(16)14-11-8-10(18-2)5-6-12(11)17-15(14)13-4-3-7-19-13/h3-9,17H,16H2,1-2H3. The van der Waals surface area contributed by atoms with Crippen molar-refractivity contribution in [3.63, 3.8) is 0 Å². The fraction of sp³-hybridized carbons (Fsp3) is 0.200. The van der Waals surface area contributed by atoms with E-state index in [1.807, 2.05) is 25.1 Å². The van der Waals surface area contributed by atoms with Gasteiger partial charge >= 0.3 is 0 Å². The molecule has 19 heavy (non-hydrogen) atoms. The Hall–Kier alpha value is -1.78. The third kappa shape index (κ3) is 2.03. The maximum absolute atomic E-state index is 6.17. The van der Waals surface area contributed by atoms with Crippen LogP contribution in [0.25, 0.3) is 21.5 Å². The van der Waals surface area contributed by atoms with Gasteiger partial charge in [-0.2, -0.15) is 0 Å². The van der Waals surface area contributed by atoms with Crippen molar-refractivity contribution in [2.45, 2.75) is 13.0 Å². The number of rotatable bonds is 3. The molecule has 1 unspecified atom stereocenters. The summed E-state index contributed by atoms with van der Waals surface area (Å²) in [6.45, 7) is 2.01. The number of hydrogen-bond donors (Lipinski definition) is 2. The number of fused-ring (bicyclic) bond motifs is 1. The number of nitrogens with one attached hydrogen (secondary N) is 1. The summed E-state index contributed by atoms with van der Waals surface area (Å²) in [5.74, 6) is 0.853. The minimum atomic E-state index is -0.0297. The topological polar surface area (TPSA) is 51.0 Å². The van der Waals surface area contributed by atoms with E-state index >= 15 is 0 Å². The van der Waals surface area contributed by atoms with Crippen molar-refractivity contribution in [1.29, 1.82) is 0 Å². The van der Waals surface area contributed by atoms with Gasteiger partial charge < -0.3 is 15.5 Å². The number of thiophene rings is 1. The zero-order chi connectivity index (χ0) is 13.4. The molecule has 3 N–H and O–H groups in total. The zero-order valence-electron chi connectivity index (χ0n) is 10.9. The fourth-order valence-electron chi connectivity index (χ4n) is 2.41. The molecule has 0 aliphatic rings. The van der Waals surface area contributed by atoms with Gasteiger partial charge in [-0.3, -0.25) is 0 Å². The van der Waals surface area contributed by atoms with E-state index in [2.05, 4.69) is 22.5 Å². The molecule has 3 aromatic rings. The van der Waals surface area contributed by atoms with Crippen molar-refractivity contribution < 1.29 is 4.74 Å². The minimum Gasteiger partial charge on any atom is -0.497 e. The van der Waals surface area contributed by atoms with Gasteiger partial charge in [-0.05, 0) is 36.6 Å². The van der Waals surface area contributed by atoms with E-state index in [-0.39, 0.29) is 6.04 Å². The molecule has 0 bridgehead atoms. The molecule has 4 heteroatoms.